The zero-order valence-electron chi connectivity index (χ0n) is 14.4. The van der Waals surface area contributed by atoms with Crippen LogP contribution in [0, 0.1) is 6.92 Å². The summed E-state index contributed by atoms with van der Waals surface area (Å²) in [7, 11) is 0. The first-order chi connectivity index (χ1) is 11.6. The lowest BCUT2D eigenvalue weighted by molar-refractivity contribution is 0.0665. The molecule has 2 aromatic carbocycles. The highest BCUT2D eigenvalue weighted by Gasteiger charge is 2.25. The molecule has 0 bridgehead atoms. The Labute approximate surface area is 144 Å². The summed E-state index contributed by atoms with van der Waals surface area (Å²) in [6.07, 6.45) is 3.70. The van der Waals surface area contributed by atoms with Crippen molar-refractivity contribution in [2.24, 2.45) is 0 Å². The maximum Gasteiger partial charge on any atom is 0.115 e. The van der Waals surface area contributed by atoms with Gasteiger partial charge in [-0.3, -0.25) is 4.90 Å². The number of hydrogen-bond acceptors (Lipinski definition) is 3. The van der Waals surface area contributed by atoms with E-state index in [1.165, 1.54) is 11.1 Å². The normalized spacial score (nSPS) is 21.1. The van der Waals surface area contributed by atoms with Gasteiger partial charge in [0.15, 0.2) is 0 Å². The van der Waals surface area contributed by atoms with Crippen LogP contribution in [0.3, 0.4) is 0 Å². The Balaban J connectivity index is 1.79. The van der Waals surface area contributed by atoms with E-state index in [0.717, 1.165) is 44.3 Å². The molecule has 3 nitrogen and oxygen atoms in total. The molecular weight excluding hydrogens is 298 g/mol. The second-order valence-corrected chi connectivity index (χ2v) is 6.96. The van der Waals surface area contributed by atoms with Crippen LogP contribution in [-0.2, 0) is 13.1 Å². The highest BCUT2D eigenvalue weighted by molar-refractivity contribution is 5.28. The molecule has 3 heteroatoms. The molecule has 0 heterocycles. The fourth-order valence-electron chi connectivity index (χ4n) is 3.63. The van der Waals surface area contributed by atoms with Crippen molar-refractivity contribution in [1.82, 2.24) is 4.90 Å². The first kappa shape index (κ1) is 17.0. The van der Waals surface area contributed by atoms with Gasteiger partial charge in [0.2, 0.25) is 0 Å². The number of hydrogen-bond donors (Lipinski definition) is 2. The molecular formula is C21H27NO2. The van der Waals surface area contributed by atoms with Gasteiger partial charge in [0.1, 0.15) is 5.75 Å². The van der Waals surface area contributed by atoms with Crippen molar-refractivity contribution < 1.29 is 10.2 Å². The number of aliphatic hydroxyl groups is 1. The van der Waals surface area contributed by atoms with Gasteiger partial charge >= 0.3 is 0 Å². The van der Waals surface area contributed by atoms with Crippen molar-refractivity contribution in [2.75, 3.05) is 0 Å². The average molecular weight is 325 g/mol. The fraction of sp³-hybridized carbons (Fsp3) is 0.429. The van der Waals surface area contributed by atoms with Crippen molar-refractivity contribution in [3.63, 3.8) is 0 Å². The van der Waals surface area contributed by atoms with E-state index in [1.54, 1.807) is 6.07 Å². The van der Waals surface area contributed by atoms with Gasteiger partial charge in [-0.25, -0.2) is 0 Å². The molecule has 0 unspecified atom stereocenters. The van der Waals surface area contributed by atoms with E-state index in [-0.39, 0.29) is 6.10 Å². The molecule has 24 heavy (non-hydrogen) atoms. The van der Waals surface area contributed by atoms with E-state index in [9.17, 15) is 10.2 Å². The molecule has 3 rings (SSSR count). The fourth-order valence-corrected chi connectivity index (χ4v) is 3.63. The molecule has 0 atom stereocenters. The predicted octanol–water partition coefficient (Wildman–Crippen LogP) is 4.01. The van der Waals surface area contributed by atoms with Gasteiger partial charge in [-0.1, -0.05) is 36.4 Å². The van der Waals surface area contributed by atoms with E-state index < -0.39 is 0 Å². The van der Waals surface area contributed by atoms with E-state index in [1.807, 2.05) is 12.1 Å². The molecule has 1 fully saturated rings. The lowest BCUT2D eigenvalue weighted by atomic mass is 9.91. The van der Waals surface area contributed by atoms with Crippen LogP contribution >= 0.6 is 0 Å². The predicted molar refractivity (Wildman–Crippen MR) is 96.8 cm³/mol. The number of aromatic hydroxyl groups is 1. The number of aliphatic hydroxyl groups excluding tert-OH is 1. The topological polar surface area (TPSA) is 43.7 Å². The van der Waals surface area contributed by atoms with Gasteiger partial charge in [0, 0.05) is 19.1 Å². The quantitative estimate of drug-likeness (QED) is 0.873. The molecule has 128 valence electrons. The molecule has 1 aliphatic carbocycles. The van der Waals surface area contributed by atoms with Crippen molar-refractivity contribution >= 4 is 0 Å². The van der Waals surface area contributed by atoms with Crippen LogP contribution in [0.15, 0.2) is 48.5 Å². The summed E-state index contributed by atoms with van der Waals surface area (Å²) in [5.74, 6) is 0.322. The maximum absolute atomic E-state index is 9.82. The van der Waals surface area contributed by atoms with Crippen LogP contribution in [-0.4, -0.2) is 27.3 Å². The Bertz CT molecular complexity index is 662. The van der Waals surface area contributed by atoms with Crippen LogP contribution in [0.2, 0.25) is 0 Å². The Kier molecular flexibility index (Phi) is 5.54. The van der Waals surface area contributed by atoms with E-state index >= 15 is 0 Å². The average Bonchev–Trinajstić information content (AvgIpc) is 2.57. The summed E-state index contributed by atoms with van der Waals surface area (Å²) in [6.45, 7) is 3.89. The third-order valence-corrected chi connectivity index (χ3v) is 5.11. The first-order valence-electron chi connectivity index (χ1n) is 8.86. The molecule has 2 N–H and O–H groups in total. The largest absolute Gasteiger partial charge is 0.508 e. The Hall–Kier alpha value is -1.84. The number of nitrogens with zero attached hydrogens (tertiary/aromatic N) is 1. The molecule has 0 aliphatic heterocycles. The lowest BCUT2D eigenvalue weighted by Gasteiger charge is -2.36. The molecule has 0 amide bonds. The van der Waals surface area contributed by atoms with E-state index in [4.69, 9.17) is 0 Å². The summed E-state index contributed by atoms with van der Waals surface area (Å²) in [4.78, 5) is 2.50. The lowest BCUT2D eigenvalue weighted by Crippen LogP contribution is -2.38. The number of phenols is 1. The van der Waals surface area contributed by atoms with E-state index in [2.05, 4.69) is 42.2 Å². The van der Waals surface area contributed by atoms with Crippen LogP contribution in [0.25, 0.3) is 0 Å². The summed E-state index contributed by atoms with van der Waals surface area (Å²) in [5, 5.41) is 19.6. The SMILES string of the molecule is Cc1ccccc1CN(Cc1cccc(O)c1)C1CCC(O)CC1. The zero-order valence-corrected chi connectivity index (χ0v) is 14.4. The minimum absolute atomic E-state index is 0.137. The molecule has 0 saturated heterocycles. The van der Waals surface area contributed by atoms with Crippen LogP contribution < -0.4 is 0 Å². The summed E-state index contributed by atoms with van der Waals surface area (Å²) in [5.41, 5.74) is 3.80. The Morgan fingerprint density at radius 2 is 1.71 bits per heavy atom. The third-order valence-electron chi connectivity index (χ3n) is 5.11. The first-order valence-corrected chi connectivity index (χ1v) is 8.86. The minimum atomic E-state index is -0.137. The van der Waals surface area contributed by atoms with Crippen LogP contribution in [0.5, 0.6) is 5.75 Å². The van der Waals surface area contributed by atoms with Crippen molar-refractivity contribution in [3.05, 3.63) is 65.2 Å². The number of phenolic OH excluding ortho intramolecular Hbond substituents is 1. The molecule has 0 aromatic heterocycles. The van der Waals surface area contributed by atoms with Crippen LogP contribution in [0.1, 0.15) is 42.4 Å². The van der Waals surface area contributed by atoms with Gasteiger partial charge < -0.3 is 10.2 Å². The standard InChI is InChI=1S/C21H27NO2/c1-16-5-2-3-7-18(16)15-22(19-9-11-20(23)12-10-19)14-17-6-4-8-21(24)13-17/h2-8,13,19-20,23-24H,9-12,14-15H2,1H3. The molecule has 2 aromatic rings. The maximum atomic E-state index is 9.82. The molecule has 0 spiro atoms. The summed E-state index contributed by atoms with van der Waals surface area (Å²) in [6, 6.07) is 16.6. The highest BCUT2D eigenvalue weighted by Crippen LogP contribution is 2.27. The minimum Gasteiger partial charge on any atom is -0.508 e. The summed E-state index contributed by atoms with van der Waals surface area (Å²) < 4.78 is 0. The molecule has 1 aliphatic rings. The third kappa shape index (κ3) is 4.37. The van der Waals surface area contributed by atoms with Crippen molar-refractivity contribution in [1.29, 1.82) is 0 Å². The van der Waals surface area contributed by atoms with Gasteiger partial charge in [0.05, 0.1) is 6.10 Å². The molecule has 1 saturated carbocycles. The van der Waals surface area contributed by atoms with Gasteiger partial charge in [-0.05, 0) is 61.4 Å². The second kappa shape index (κ2) is 7.82. The Morgan fingerprint density at radius 1 is 0.958 bits per heavy atom. The van der Waals surface area contributed by atoms with E-state index in [0.29, 0.717) is 11.8 Å². The monoisotopic (exact) mass is 325 g/mol. The second-order valence-electron chi connectivity index (χ2n) is 6.96. The van der Waals surface area contributed by atoms with Gasteiger partial charge in [0.25, 0.3) is 0 Å². The number of aryl methyl sites for hydroxylation is 1. The summed E-state index contributed by atoms with van der Waals surface area (Å²) >= 11 is 0. The number of benzene rings is 2. The highest BCUT2D eigenvalue weighted by atomic mass is 16.3. The Morgan fingerprint density at radius 3 is 2.42 bits per heavy atom. The van der Waals surface area contributed by atoms with Crippen molar-refractivity contribution in [2.45, 2.75) is 57.8 Å². The zero-order chi connectivity index (χ0) is 16.9. The van der Waals surface area contributed by atoms with Gasteiger partial charge in [-0.15, -0.1) is 0 Å². The smallest absolute Gasteiger partial charge is 0.115 e. The van der Waals surface area contributed by atoms with Crippen LogP contribution in [0.4, 0.5) is 0 Å². The van der Waals surface area contributed by atoms with Gasteiger partial charge in [-0.2, -0.15) is 0 Å². The molecule has 0 radical (unpaired) electrons. The van der Waals surface area contributed by atoms with Crippen molar-refractivity contribution in [3.8, 4) is 5.75 Å². The number of rotatable bonds is 5.